The summed E-state index contributed by atoms with van der Waals surface area (Å²) in [6.07, 6.45) is 45.7. The van der Waals surface area contributed by atoms with E-state index < -0.39 is 12.1 Å². The van der Waals surface area contributed by atoms with Gasteiger partial charge in [0.05, 0.1) is 0 Å². The molecule has 422 valence electrons. The molecule has 0 aromatic rings. The number of rotatable bonds is 52. The molecule has 4 amide bonds. The number of nitrogens with one attached hydrogen (secondary N) is 2. The third-order valence-electron chi connectivity index (χ3n) is 15.6. The Morgan fingerprint density at radius 3 is 0.875 bits per heavy atom. The zero-order valence-electron chi connectivity index (χ0n) is 48.7. The summed E-state index contributed by atoms with van der Waals surface area (Å²) in [7, 11) is 10.3. The first-order valence-electron chi connectivity index (χ1n) is 31.1. The van der Waals surface area contributed by atoms with E-state index in [0.717, 1.165) is 77.3 Å². The highest BCUT2D eigenvalue weighted by Crippen LogP contribution is 2.37. The highest BCUT2D eigenvalue weighted by Gasteiger charge is 2.43. The van der Waals surface area contributed by atoms with Crippen LogP contribution in [0.25, 0.3) is 0 Å². The molecule has 72 heavy (non-hydrogen) atoms. The summed E-state index contributed by atoms with van der Waals surface area (Å²) in [5.41, 5.74) is 0. The van der Waals surface area contributed by atoms with Crippen molar-refractivity contribution < 1.29 is 19.2 Å². The molecule has 0 heterocycles. The molecule has 11 heteroatoms. The molecular weight excluding hydrogens is 895 g/mol. The number of unbranched alkanes of at least 4 members (excludes halogenated alkanes) is 28. The molecule has 2 rings (SSSR count). The Hall–Kier alpha value is -2.24. The summed E-state index contributed by atoms with van der Waals surface area (Å²) in [5, 5.41) is 6.43. The van der Waals surface area contributed by atoms with Gasteiger partial charge in [-0.05, 0) is 112 Å². The second-order valence-corrected chi connectivity index (χ2v) is 23.3. The van der Waals surface area contributed by atoms with Crippen molar-refractivity contribution in [2.45, 2.75) is 270 Å². The van der Waals surface area contributed by atoms with Gasteiger partial charge in [-0.15, -0.1) is 0 Å². The molecule has 0 spiro atoms. The summed E-state index contributed by atoms with van der Waals surface area (Å²) in [6.45, 7) is 9.83. The number of hydrogen-bond acceptors (Lipinski definition) is 7. The standard InChI is InChI=1S/C61H119N7O4/c1-8-10-12-14-16-18-20-22-24-26-28-30-32-34-36-40-56(69)67(50-38-48-64(3)4)58(54-42-43-54)60(71)62-46-52-66(7)53-47-63-61(72)59(55-44-45-55)68(51-39-49-65(5)6)57(70)41-37-35-33-31-29-27-25-23-21-19-17-15-13-11-9-2/h54-55,58-59H,8-53H2,1-7H3,(H,62,71)(H,63,72). The largest absolute Gasteiger partial charge is 0.353 e. The maximum atomic E-state index is 13.9. The summed E-state index contributed by atoms with van der Waals surface area (Å²) >= 11 is 0. The SMILES string of the molecule is CCCCCCCCCCCCCCCCCC(=O)N(CCCN(C)C)C(C(=O)NCCN(C)CCNC(=O)C(C1CC1)N(CCCN(C)C)C(=O)CCCCCCCCCCCCCCCCC)C1CC1. The van der Waals surface area contributed by atoms with Crippen LogP contribution in [0.1, 0.15) is 258 Å². The molecule has 0 aliphatic heterocycles. The Bertz CT molecular complexity index is 1240. The van der Waals surface area contributed by atoms with E-state index in [0.29, 0.717) is 52.1 Å². The first kappa shape index (κ1) is 65.9. The number of carbonyl (C=O) groups is 4. The zero-order valence-corrected chi connectivity index (χ0v) is 48.7. The average Bonchev–Trinajstić information content (AvgIpc) is 4.30. The molecule has 2 fully saturated rings. The van der Waals surface area contributed by atoms with Crippen LogP contribution in [0.3, 0.4) is 0 Å². The van der Waals surface area contributed by atoms with Crippen molar-refractivity contribution in [3.63, 3.8) is 0 Å². The van der Waals surface area contributed by atoms with Gasteiger partial charge < -0.3 is 35.1 Å². The second kappa shape index (κ2) is 43.9. The maximum absolute atomic E-state index is 13.9. The molecule has 2 saturated carbocycles. The fourth-order valence-corrected chi connectivity index (χ4v) is 10.6. The lowest BCUT2D eigenvalue weighted by Crippen LogP contribution is -2.53. The van der Waals surface area contributed by atoms with Crippen LogP contribution < -0.4 is 10.6 Å². The Morgan fingerprint density at radius 1 is 0.361 bits per heavy atom. The van der Waals surface area contributed by atoms with Crippen LogP contribution in [0.4, 0.5) is 0 Å². The number of hydrogen-bond donors (Lipinski definition) is 2. The van der Waals surface area contributed by atoms with Crippen molar-refractivity contribution in [2.24, 2.45) is 11.8 Å². The topological polar surface area (TPSA) is 109 Å². The fourth-order valence-electron chi connectivity index (χ4n) is 10.6. The average molecular weight is 1010 g/mol. The minimum Gasteiger partial charge on any atom is -0.353 e. The molecule has 0 saturated heterocycles. The van der Waals surface area contributed by atoms with Gasteiger partial charge in [0, 0.05) is 52.1 Å². The molecular formula is C61H119N7O4. The van der Waals surface area contributed by atoms with E-state index in [1.165, 1.54) is 167 Å². The molecule has 2 aliphatic rings. The molecule has 0 radical (unpaired) electrons. The van der Waals surface area contributed by atoms with Crippen molar-refractivity contribution in [2.75, 3.05) is 87.6 Å². The molecule has 0 bridgehead atoms. The number of nitrogens with zero attached hydrogens (tertiary/aromatic N) is 5. The predicted molar refractivity (Wildman–Crippen MR) is 305 cm³/mol. The Labute approximate surface area is 445 Å². The lowest BCUT2D eigenvalue weighted by Gasteiger charge is -2.32. The van der Waals surface area contributed by atoms with Gasteiger partial charge in [0.2, 0.25) is 23.6 Å². The molecule has 11 nitrogen and oxygen atoms in total. The third-order valence-corrected chi connectivity index (χ3v) is 15.6. The first-order chi connectivity index (χ1) is 35.0. The van der Waals surface area contributed by atoms with Crippen molar-refractivity contribution in [3.8, 4) is 0 Å². The zero-order chi connectivity index (χ0) is 52.4. The summed E-state index contributed by atoms with van der Waals surface area (Å²) in [4.78, 5) is 65.9. The van der Waals surface area contributed by atoms with E-state index in [-0.39, 0.29) is 35.5 Å². The van der Waals surface area contributed by atoms with Crippen molar-refractivity contribution in [1.82, 2.24) is 35.1 Å². The highest BCUT2D eigenvalue weighted by atomic mass is 16.2. The van der Waals surface area contributed by atoms with Gasteiger partial charge in [0.25, 0.3) is 0 Å². The van der Waals surface area contributed by atoms with Gasteiger partial charge in [-0.2, -0.15) is 0 Å². The van der Waals surface area contributed by atoms with E-state index in [2.05, 4.69) is 67.4 Å². The minimum absolute atomic E-state index is 0.0236. The highest BCUT2D eigenvalue weighted by molar-refractivity contribution is 5.89. The van der Waals surface area contributed by atoms with Crippen molar-refractivity contribution in [3.05, 3.63) is 0 Å². The first-order valence-corrected chi connectivity index (χ1v) is 31.1. The van der Waals surface area contributed by atoms with Crippen LogP contribution in [0, 0.1) is 11.8 Å². The molecule has 2 unspecified atom stereocenters. The molecule has 0 aromatic carbocycles. The molecule has 2 atom stereocenters. The van der Waals surface area contributed by atoms with Crippen molar-refractivity contribution >= 4 is 23.6 Å². The number of carbonyl (C=O) groups excluding carboxylic acids is 4. The predicted octanol–water partition coefficient (Wildman–Crippen LogP) is 12.8. The lowest BCUT2D eigenvalue weighted by atomic mass is 10.0. The van der Waals surface area contributed by atoms with Crippen LogP contribution in [-0.2, 0) is 19.2 Å². The van der Waals surface area contributed by atoms with Crippen LogP contribution >= 0.6 is 0 Å². The van der Waals surface area contributed by atoms with Crippen molar-refractivity contribution in [1.29, 1.82) is 0 Å². The normalized spacial score (nSPS) is 14.6. The Balaban J connectivity index is 1.76. The minimum atomic E-state index is -0.400. The summed E-state index contributed by atoms with van der Waals surface area (Å²) < 4.78 is 0. The summed E-state index contributed by atoms with van der Waals surface area (Å²) in [5.74, 6) is 0.695. The second-order valence-electron chi connectivity index (χ2n) is 23.3. The van der Waals surface area contributed by atoms with E-state index >= 15 is 0 Å². The van der Waals surface area contributed by atoms with Gasteiger partial charge in [0.15, 0.2) is 0 Å². The van der Waals surface area contributed by atoms with E-state index in [4.69, 9.17) is 0 Å². The Kier molecular flexibility index (Phi) is 40.2. The van der Waals surface area contributed by atoms with Crippen LogP contribution in [-0.4, -0.2) is 148 Å². The molecule has 2 aliphatic carbocycles. The van der Waals surface area contributed by atoms with Crippen LogP contribution in [0.2, 0.25) is 0 Å². The monoisotopic (exact) mass is 1010 g/mol. The lowest BCUT2D eigenvalue weighted by molar-refractivity contribution is -0.141. The summed E-state index contributed by atoms with van der Waals surface area (Å²) in [6, 6.07) is -0.801. The van der Waals surface area contributed by atoms with Crippen LogP contribution in [0.15, 0.2) is 0 Å². The van der Waals surface area contributed by atoms with Gasteiger partial charge in [0.1, 0.15) is 12.1 Å². The van der Waals surface area contributed by atoms with Crippen LogP contribution in [0.5, 0.6) is 0 Å². The van der Waals surface area contributed by atoms with Gasteiger partial charge in [-0.1, -0.05) is 194 Å². The molecule has 2 N–H and O–H groups in total. The Morgan fingerprint density at radius 2 is 0.625 bits per heavy atom. The number of amides is 4. The number of likely N-dealkylation sites (N-methyl/N-ethyl adjacent to an activating group) is 1. The maximum Gasteiger partial charge on any atom is 0.243 e. The van der Waals surface area contributed by atoms with Gasteiger partial charge in [-0.3, -0.25) is 19.2 Å². The van der Waals surface area contributed by atoms with E-state index in [9.17, 15) is 19.2 Å². The van der Waals surface area contributed by atoms with E-state index in [1.54, 1.807) is 0 Å². The van der Waals surface area contributed by atoms with Gasteiger partial charge in [-0.25, -0.2) is 0 Å². The van der Waals surface area contributed by atoms with Gasteiger partial charge >= 0.3 is 0 Å². The molecule has 0 aromatic heterocycles. The third kappa shape index (κ3) is 34.4. The van der Waals surface area contributed by atoms with E-state index in [1.807, 2.05) is 16.8 Å². The smallest absolute Gasteiger partial charge is 0.243 e. The quantitative estimate of drug-likeness (QED) is 0.0584. The fraction of sp³-hybridized carbons (Fsp3) is 0.934.